The zero-order chi connectivity index (χ0) is 14.2. The van der Waals surface area contributed by atoms with Crippen LogP contribution in [0.2, 0.25) is 0 Å². The highest BCUT2D eigenvalue weighted by Gasteiger charge is 2.33. The molecule has 19 heavy (non-hydrogen) atoms. The number of amides is 1. The fraction of sp³-hybridized carbons (Fsp3) is 0.467. The highest BCUT2D eigenvalue weighted by atomic mass is 16.5. The normalized spacial score (nSPS) is 17.3. The third-order valence-electron chi connectivity index (χ3n) is 3.48. The molecule has 1 aliphatic rings. The molecule has 4 heteroatoms. The Morgan fingerprint density at radius 2 is 2.00 bits per heavy atom. The topological polar surface area (TPSA) is 46.6 Å². The first kappa shape index (κ1) is 13.6. The van der Waals surface area contributed by atoms with Gasteiger partial charge in [-0.1, -0.05) is 6.07 Å². The van der Waals surface area contributed by atoms with E-state index in [1.54, 1.807) is 11.8 Å². The first-order valence-corrected chi connectivity index (χ1v) is 6.43. The van der Waals surface area contributed by atoms with Gasteiger partial charge in [0.15, 0.2) is 0 Å². The van der Waals surface area contributed by atoms with Gasteiger partial charge < -0.3 is 9.64 Å². The highest BCUT2D eigenvalue weighted by Crippen LogP contribution is 2.35. The summed E-state index contributed by atoms with van der Waals surface area (Å²) >= 11 is 0. The van der Waals surface area contributed by atoms with Crippen LogP contribution in [0, 0.1) is 13.8 Å². The number of aryl methyl sites for hydroxylation is 2. The minimum absolute atomic E-state index is 0.0131. The molecule has 0 aromatic heterocycles. The number of hydrogen-bond donors (Lipinski definition) is 0. The SMILES string of the molecule is CC(=O)OCC1Cc2c(C)cc(C)cc2N1C(C)=O. The number of carbonyl (C=O) groups is 2. The van der Waals surface area contributed by atoms with E-state index in [2.05, 4.69) is 13.0 Å². The van der Waals surface area contributed by atoms with E-state index in [4.69, 9.17) is 4.74 Å². The molecule has 1 heterocycles. The number of carbonyl (C=O) groups excluding carboxylic acids is 2. The van der Waals surface area contributed by atoms with Crippen LogP contribution < -0.4 is 4.90 Å². The van der Waals surface area contributed by atoms with Gasteiger partial charge in [0.25, 0.3) is 0 Å². The number of nitrogens with zero attached hydrogens (tertiary/aromatic N) is 1. The first-order valence-electron chi connectivity index (χ1n) is 6.43. The van der Waals surface area contributed by atoms with Gasteiger partial charge in [-0.15, -0.1) is 0 Å². The van der Waals surface area contributed by atoms with Gasteiger partial charge in [0, 0.05) is 19.5 Å². The van der Waals surface area contributed by atoms with Gasteiger partial charge in [-0.2, -0.15) is 0 Å². The van der Waals surface area contributed by atoms with Gasteiger partial charge >= 0.3 is 5.97 Å². The monoisotopic (exact) mass is 261 g/mol. The lowest BCUT2D eigenvalue weighted by Gasteiger charge is -2.24. The van der Waals surface area contributed by atoms with Gasteiger partial charge in [0.1, 0.15) is 6.61 Å². The Kier molecular flexibility index (Phi) is 3.60. The molecule has 0 bridgehead atoms. The lowest BCUT2D eigenvalue weighted by Crippen LogP contribution is -2.39. The number of anilines is 1. The molecule has 102 valence electrons. The predicted octanol–water partition coefficient (Wildman–Crippen LogP) is 2.14. The van der Waals surface area contributed by atoms with Gasteiger partial charge in [0.2, 0.25) is 5.91 Å². The van der Waals surface area contributed by atoms with Crippen LogP contribution in [-0.2, 0) is 20.7 Å². The van der Waals surface area contributed by atoms with Crippen LogP contribution in [0.3, 0.4) is 0 Å². The maximum absolute atomic E-state index is 11.9. The van der Waals surface area contributed by atoms with Crippen molar-refractivity contribution in [3.8, 4) is 0 Å². The quantitative estimate of drug-likeness (QED) is 0.766. The summed E-state index contributed by atoms with van der Waals surface area (Å²) in [6.45, 7) is 7.26. The maximum Gasteiger partial charge on any atom is 0.302 e. The molecular formula is C15H19NO3. The molecule has 0 saturated heterocycles. The fourth-order valence-corrected chi connectivity index (χ4v) is 2.75. The van der Waals surface area contributed by atoms with Crippen LogP contribution in [-0.4, -0.2) is 24.5 Å². The summed E-state index contributed by atoms with van der Waals surface area (Å²) in [6.07, 6.45) is 0.744. The Labute approximate surface area is 113 Å². The van der Waals surface area contributed by atoms with Crippen molar-refractivity contribution in [1.29, 1.82) is 0 Å². The van der Waals surface area contributed by atoms with E-state index < -0.39 is 0 Å². The molecule has 2 rings (SSSR count). The summed E-state index contributed by atoms with van der Waals surface area (Å²) in [5.41, 5.74) is 4.46. The summed E-state index contributed by atoms with van der Waals surface area (Å²) in [6, 6.07) is 4.06. The number of hydrogen-bond acceptors (Lipinski definition) is 3. The smallest absolute Gasteiger partial charge is 0.302 e. The predicted molar refractivity (Wildman–Crippen MR) is 73.2 cm³/mol. The van der Waals surface area contributed by atoms with Crippen molar-refractivity contribution in [1.82, 2.24) is 0 Å². The van der Waals surface area contributed by atoms with Gasteiger partial charge in [0.05, 0.1) is 6.04 Å². The van der Waals surface area contributed by atoms with Crippen molar-refractivity contribution in [2.75, 3.05) is 11.5 Å². The summed E-state index contributed by atoms with van der Waals surface area (Å²) in [5.74, 6) is -0.326. The number of benzene rings is 1. The largest absolute Gasteiger partial charge is 0.464 e. The second-order valence-corrected chi connectivity index (χ2v) is 5.13. The fourth-order valence-electron chi connectivity index (χ4n) is 2.75. The standard InChI is InChI=1S/C15H19NO3/c1-9-5-10(2)14-7-13(8-19-12(4)18)16(11(3)17)15(14)6-9/h5-6,13H,7-8H2,1-4H3. The first-order chi connectivity index (χ1) is 8.90. The lowest BCUT2D eigenvalue weighted by molar-refractivity contribution is -0.141. The molecule has 0 radical (unpaired) electrons. The van der Waals surface area contributed by atoms with Gasteiger partial charge in [-0.05, 0) is 43.0 Å². The Bertz CT molecular complexity index is 536. The molecular weight excluding hydrogens is 242 g/mol. The van der Waals surface area contributed by atoms with E-state index in [0.717, 1.165) is 17.7 Å². The summed E-state index contributed by atoms with van der Waals surface area (Å²) in [5, 5.41) is 0. The van der Waals surface area contributed by atoms with E-state index in [1.165, 1.54) is 18.1 Å². The van der Waals surface area contributed by atoms with Crippen LogP contribution in [0.4, 0.5) is 5.69 Å². The molecule has 0 saturated carbocycles. The molecule has 1 aromatic rings. The Morgan fingerprint density at radius 3 is 2.58 bits per heavy atom. The third kappa shape index (κ3) is 2.62. The van der Waals surface area contributed by atoms with Crippen LogP contribution in [0.5, 0.6) is 0 Å². The highest BCUT2D eigenvalue weighted by molar-refractivity contribution is 5.95. The average Bonchev–Trinajstić information content (AvgIpc) is 2.64. The maximum atomic E-state index is 11.9. The van der Waals surface area contributed by atoms with Crippen molar-refractivity contribution >= 4 is 17.6 Å². The van der Waals surface area contributed by atoms with Crippen LogP contribution >= 0.6 is 0 Å². The zero-order valence-electron chi connectivity index (χ0n) is 11.8. The van der Waals surface area contributed by atoms with E-state index >= 15 is 0 Å². The molecule has 4 nitrogen and oxygen atoms in total. The van der Waals surface area contributed by atoms with Crippen LogP contribution in [0.15, 0.2) is 12.1 Å². The zero-order valence-corrected chi connectivity index (χ0v) is 11.8. The van der Waals surface area contributed by atoms with Crippen molar-refractivity contribution in [2.45, 2.75) is 40.2 Å². The molecule has 1 aliphatic heterocycles. The van der Waals surface area contributed by atoms with E-state index in [-0.39, 0.29) is 24.5 Å². The number of fused-ring (bicyclic) bond motifs is 1. The average molecular weight is 261 g/mol. The third-order valence-corrected chi connectivity index (χ3v) is 3.48. The number of ether oxygens (including phenoxy) is 1. The van der Waals surface area contributed by atoms with Gasteiger partial charge in [-0.25, -0.2) is 0 Å². The second kappa shape index (κ2) is 5.03. The Balaban J connectivity index is 2.34. The molecule has 1 aromatic carbocycles. The number of rotatable bonds is 2. The van der Waals surface area contributed by atoms with Crippen LogP contribution in [0.25, 0.3) is 0 Å². The molecule has 0 N–H and O–H groups in total. The Morgan fingerprint density at radius 1 is 1.32 bits per heavy atom. The van der Waals surface area contributed by atoms with E-state index in [0.29, 0.717) is 0 Å². The molecule has 0 aliphatic carbocycles. The van der Waals surface area contributed by atoms with E-state index in [1.807, 2.05) is 13.0 Å². The molecule has 1 unspecified atom stereocenters. The summed E-state index contributed by atoms with van der Waals surface area (Å²) in [4.78, 5) is 24.6. The lowest BCUT2D eigenvalue weighted by atomic mass is 10.0. The van der Waals surface area contributed by atoms with E-state index in [9.17, 15) is 9.59 Å². The summed E-state index contributed by atoms with van der Waals surface area (Å²) < 4.78 is 5.07. The minimum Gasteiger partial charge on any atom is -0.464 e. The van der Waals surface area contributed by atoms with Gasteiger partial charge in [-0.3, -0.25) is 9.59 Å². The van der Waals surface area contributed by atoms with Crippen molar-refractivity contribution < 1.29 is 14.3 Å². The van der Waals surface area contributed by atoms with Crippen molar-refractivity contribution in [2.24, 2.45) is 0 Å². The molecule has 0 spiro atoms. The number of esters is 1. The molecule has 1 amide bonds. The van der Waals surface area contributed by atoms with Crippen molar-refractivity contribution in [3.05, 3.63) is 28.8 Å². The molecule has 0 fully saturated rings. The van der Waals surface area contributed by atoms with Crippen LogP contribution in [0.1, 0.15) is 30.5 Å². The second-order valence-electron chi connectivity index (χ2n) is 5.13. The summed E-state index contributed by atoms with van der Waals surface area (Å²) in [7, 11) is 0. The minimum atomic E-state index is -0.313. The Hall–Kier alpha value is -1.84. The van der Waals surface area contributed by atoms with Crippen molar-refractivity contribution in [3.63, 3.8) is 0 Å². The molecule has 1 atom stereocenters.